The van der Waals surface area contributed by atoms with Crippen LogP contribution < -0.4 is 4.74 Å². The molecule has 0 saturated heterocycles. The summed E-state index contributed by atoms with van der Waals surface area (Å²) in [6, 6.07) is 9.38. The number of methoxy groups -OCH3 is 1. The molecule has 0 fully saturated rings. The first-order chi connectivity index (χ1) is 12.9. The molecular weight excluding hydrogens is 344 g/mol. The van der Waals surface area contributed by atoms with Gasteiger partial charge in [0, 0.05) is 27.1 Å². The van der Waals surface area contributed by atoms with Gasteiger partial charge < -0.3 is 14.5 Å². The second kappa shape index (κ2) is 7.82. The van der Waals surface area contributed by atoms with E-state index in [0.29, 0.717) is 18.8 Å². The van der Waals surface area contributed by atoms with Gasteiger partial charge in [-0.2, -0.15) is 5.10 Å². The van der Waals surface area contributed by atoms with Crippen LogP contribution in [0.1, 0.15) is 48.1 Å². The van der Waals surface area contributed by atoms with Crippen molar-refractivity contribution in [3.8, 4) is 5.75 Å². The molecule has 0 radical (unpaired) electrons. The smallest absolute Gasteiger partial charge is 0.274 e. The Morgan fingerprint density at radius 3 is 2.74 bits per heavy atom. The average molecular weight is 370 g/mol. The number of carbonyl (C=O) groups excluding carboxylic acids is 2. The van der Waals surface area contributed by atoms with Crippen molar-refractivity contribution in [2.24, 2.45) is 0 Å². The monoisotopic (exact) mass is 370 g/mol. The van der Waals surface area contributed by atoms with Crippen molar-refractivity contribution in [2.45, 2.75) is 39.4 Å². The summed E-state index contributed by atoms with van der Waals surface area (Å²) in [5.74, 6) is 0.666. The summed E-state index contributed by atoms with van der Waals surface area (Å²) >= 11 is 0. The van der Waals surface area contributed by atoms with E-state index in [9.17, 15) is 9.59 Å². The minimum atomic E-state index is -0.139. The maximum absolute atomic E-state index is 13.0. The fourth-order valence-corrected chi connectivity index (χ4v) is 3.32. The van der Waals surface area contributed by atoms with Gasteiger partial charge >= 0.3 is 0 Å². The van der Waals surface area contributed by atoms with Crippen molar-refractivity contribution in [3.05, 3.63) is 47.3 Å². The van der Waals surface area contributed by atoms with Crippen molar-refractivity contribution < 1.29 is 14.3 Å². The number of nitrogens with zero attached hydrogens (tertiary/aromatic N) is 4. The minimum Gasteiger partial charge on any atom is -0.497 e. The van der Waals surface area contributed by atoms with Gasteiger partial charge in [-0.05, 0) is 37.1 Å². The highest BCUT2D eigenvalue weighted by molar-refractivity contribution is 5.92. The number of aromatic nitrogens is 2. The van der Waals surface area contributed by atoms with Crippen LogP contribution in [0.2, 0.25) is 0 Å². The van der Waals surface area contributed by atoms with Crippen LogP contribution in [-0.4, -0.2) is 52.1 Å². The summed E-state index contributed by atoms with van der Waals surface area (Å²) in [6.45, 7) is 5.47. The third kappa shape index (κ3) is 3.97. The number of hydrogen-bond donors (Lipinski definition) is 0. The molecule has 1 aromatic heterocycles. The number of carbonyl (C=O) groups is 2. The summed E-state index contributed by atoms with van der Waals surface area (Å²) in [5.41, 5.74) is 2.30. The molecule has 0 bridgehead atoms. The topological polar surface area (TPSA) is 67.7 Å². The van der Waals surface area contributed by atoms with E-state index in [1.807, 2.05) is 35.9 Å². The van der Waals surface area contributed by atoms with Gasteiger partial charge in [-0.3, -0.25) is 14.3 Å². The molecule has 1 aromatic carbocycles. The third-order valence-corrected chi connectivity index (χ3v) is 5.16. The lowest BCUT2D eigenvalue weighted by Crippen LogP contribution is -2.30. The van der Waals surface area contributed by atoms with Gasteiger partial charge in [0.15, 0.2) is 5.69 Å². The van der Waals surface area contributed by atoms with Crippen LogP contribution in [-0.2, 0) is 17.9 Å². The van der Waals surface area contributed by atoms with Gasteiger partial charge in [-0.25, -0.2) is 0 Å². The molecule has 27 heavy (non-hydrogen) atoms. The molecule has 2 heterocycles. The molecule has 0 N–H and O–H groups in total. The van der Waals surface area contributed by atoms with E-state index < -0.39 is 0 Å². The van der Waals surface area contributed by atoms with Crippen LogP contribution in [0, 0.1) is 0 Å². The fourth-order valence-electron chi connectivity index (χ4n) is 3.32. The SMILES string of the molecule is COc1cccc([C@@H](C)N(C)C(=O)c2cc3n(n2)CCCN(C(C)=O)C3)c1. The van der Waals surface area contributed by atoms with E-state index >= 15 is 0 Å². The van der Waals surface area contributed by atoms with Crippen molar-refractivity contribution in [2.75, 3.05) is 20.7 Å². The van der Waals surface area contributed by atoms with Gasteiger partial charge in [0.05, 0.1) is 25.4 Å². The molecule has 7 nitrogen and oxygen atoms in total. The molecule has 3 rings (SSSR count). The highest BCUT2D eigenvalue weighted by Crippen LogP contribution is 2.24. The number of hydrogen-bond acceptors (Lipinski definition) is 4. The number of benzene rings is 1. The second-order valence-corrected chi connectivity index (χ2v) is 6.91. The van der Waals surface area contributed by atoms with Gasteiger partial charge in [0.25, 0.3) is 5.91 Å². The van der Waals surface area contributed by atoms with Crippen LogP contribution in [0.5, 0.6) is 5.75 Å². The Morgan fingerprint density at radius 1 is 1.26 bits per heavy atom. The molecule has 1 aliphatic heterocycles. The molecule has 2 aromatic rings. The van der Waals surface area contributed by atoms with Gasteiger partial charge in [-0.15, -0.1) is 0 Å². The molecular formula is C20H26N4O3. The van der Waals surface area contributed by atoms with Gasteiger partial charge in [-0.1, -0.05) is 12.1 Å². The maximum Gasteiger partial charge on any atom is 0.274 e. The Bertz CT molecular complexity index is 846. The first-order valence-corrected chi connectivity index (χ1v) is 9.14. The highest BCUT2D eigenvalue weighted by Gasteiger charge is 2.25. The van der Waals surface area contributed by atoms with Crippen molar-refractivity contribution >= 4 is 11.8 Å². The number of rotatable bonds is 4. The molecule has 0 spiro atoms. The lowest BCUT2D eigenvalue weighted by atomic mass is 10.1. The summed E-state index contributed by atoms with van der Waals surface area (Å²) in [7, 11) is 3.40. The lowest BCUT2D eigenvalue weighted by molar-refractivity contribution is -0.129. The number of ether oxygens (including phenoxy) is 1. The predicted molar refractivity (Wildman–Crippen MR) is 101 cm³/mol. The van der Waals surface area contributed by atoms with E-state index in [0.717, 1.165) is 30.0 Å². The van der Waals surface area contributed by atoms with Gasteiger partial charge in [0.1, 0.15) is 5.75 Å². The van der Waals surface area contributed by atoms with Crippen molar-refractivity contribution in [1.29, 1.82) is 0 Å². The highest BCUT2D eigenvalue weighted by atomic mass is 16.5. The normalized spacial score (nSPS) is 14.9. The molecule has 1 aliphatic rings. The summed E-state index contributed by atoms with van der Waals surface area (Å²) in [6.07, 6.45) is 0.831. The standard InChI is InChI=1S/C20H26N4O3/c1-14(16-7-5-8-18(11-16)27-4)22(3)20(26)19-12-17-13-23(15(2)25)9-6-10-24(17)21-19/h5,7-8,11-12,14H,6,9-10,13H2,1-4H3/t14-/m1/s1. The van der Waals surface area contributed by atoms with Crippen LogP contribution in [0.4, 0.5) is 0 Å². The molecule has 144 valence electrons. The lowest BCUT2D eigenvalue weighted by Gasteiger charge is -2.25. The first kappa shape index (κ1) is 18.9. The molecule has 2 amide bonds. The quantitative estimate of drug-likeness (QED) is 0.829. The van der Waals surface area contributed by atoms with Crippen LogP contribution in [0.25, 0.3) is 0 Å². The van der Waals surface area contributed by atoms with Crippen molar-refractivity contribution in [1.82, 2.24) is 19.6 Å². The second-order valence-electron chi connectivity index (χ2n) is 6.91. The zero-order valence-corrected chi connectivity index (χ0v) is 16.3. The van der Waals surface area contributed by atoms with E-state index in [2.05, 4.69) is 5.10 Å². The third-order valence-electron chi connectivity index (χ3n) is 5.16. The number of amides is 2. The molecule has 1 atom stereocenters. The number of fused-ring (bicyclic) bond motifs is 1. The van der Waals surface area contributed by atoms with E-state index in [1.54, 1.807) is 36.9 Å². The zero-order chi connectivity index (χ0) is 19.6. The largest absolute Gasteiger partial charge is 0.497 e. The Kier molecular flexibility index (Phi) is 5.48. The van der Waals surface area contributed by atoms with Crippen molar-refractivity contribution in [3.63, 3.8) is 0 Å². The minimum absolute atomic E-state index is 0.0429. The Balaban J connectivity index is 1.79. The van der Waals surface area contributed by atoms with E-state index in [1.165, 1.54) is 0 Å². The van der Waals surface area contributed by atoms with Crippen LogP contribution in [0.15, 0.2) is 30.3 Å². The van der Waals surface area contributed by atoms with Gasteiger partial charge in [0.2, 0.25) is 5.91 Å². The van der Waals surface area contributed by atoms with E-state index in [4.69, 9.17) is 4.74 Å². The Labute approximate surface area is 159 Å². The predicted octanol–water partition coefficient (Wildman–Crippen LogP) is 2.48. The summed E-state index contributed by atoms with van der Waals surface area (Å²) < 4.78 is 7.12. The molecule has 0 saturated carbocycles. The summed E-state index contributed by atoms with van der Waals surface area (Å²) in [5, 5.41) is 4.50. The number of aryl methyl sites for hydroxylation is 1. The molecule has 0 aliphatic carbocycles. The zero-order valence-electron chi connectivity index (χ0n) is 16.3. The molecule has 0 unspecified atom stereocenters. The maximum atomic E-state index is 13.0. The first-order valence-electron chi connectivity index (χ1n) is 9.14. The summed E-state index contributed by atoms with van der Waals surface area (Å²) in [4.78, 5) is 28.2. The van der Waals surface area contributed by atoms with Crippen LogP contribution in [0.3, 0.4) is 0 Å². The Morgan fingerprint density at radius 2 is 2.04 bits per heavy atom. The molecule has 7 heteroatoms. The van der Waals surface area contributed by atoms with E-state index in [-0.39, 0.29) is 17.9 Å². The Hall–Kier alpha value is -2.83. The fraction of sp³-hybridized carbons (Fsp3) is 0.450. The van der Waals surface area contributed by atoms with Crippen LogP contribution >= 0.6 is 0 Å². The average Bonchev–Trinajstić information content (AvgIpc) is 2.97.